The summed E-state index contributed by atoms with van der Waals surface area (Å²) in [6.07, 6.45) is 5.90. The Kier molecular flexibility index (Phi) is 5.83. The second-order valence-corrected chi connectivity index (χ2v) is 6.33. The molecule has 0 aliphatic heterocycles. The highest BCUT2D eigenvalue weighted by Gasteiger charge is 2.25. The van der Waals surface area contributed by atoms with Crippen molar-refractivity contribution in [1.29, 1.82) is 0 Å². The third-order valence-electron chi connectivity index (χ3n) is 2.59. The maximum absolute atomic E-state index is 12.5. The summed E-state index contributed by atoms with van der Waals surface area (Å²) in [7, 11) is -3.69. The van der Waals surface area contributed by atoms with E-state index in [-0.39, 0.29) is 23.0 Å². The number of hydrogen-bond donors (Lipinski definition) is 1. The number of benzene rings is 1. The second-order valence-electron chi connectivity index (χ2n) is 4.01. The van der Waals surface area contributed by atoms with E-state index in [2.05, 4.69) is 5.92 Å². The van der Waals surface area contributed by atoms with Crippen molar-refractivity contribution in [3.05, 3.63) is 28.8 Å². The van der Waals surface area contributed by atoms with Gasteiger partial charge in [-0.25, -0.2) is 8.42 Å². The topological polar surface area (TPSA) is 63.4 Å². The quantitative estimate of drug-likeness (QED) is 0.815. The number of sulfonamides is 1. The summed E-state index contributed by atoms with van der Waals surface area (Å²) in [5.74, 6) is 2.36. The van der Waals surface area contributed by atoms with Crippen molar-refractivity contribution in [1.82, 2.24) is 4.31 Å². The van der Waals surface area contributed by atoms with Crippen LogP contribution in [-0.2, 0) is 16.6 Å². The monoisotopic (exact) mass is 300 g/mol. The van der Waals surface area contributed by atoms with Crippen LogP contribution in [0.15, 0.2) is 23.1 Å². The minimum Gasteiger partial charge on any atom is -0.326 e. The lowest BCUT2D eigenvalue weighted by atomic mass is 10.2. The first-order valence-corrected chi connectivity index (χ1v) is 7.71. The lowest BCUT2D eigenvalue weighted by Crippen LogP contribution is -2.32. The van der Waals surface area contributed by atoms with E-state index in [4.69, 9.17) is 23.8 Å². The van der Waals surface area contributed by atoms with Crippen molar-refractivity contribution in [3.8, 4) is 12.3 Å². The largest absolute Gasteiger partial charge is 0.326 e. The van der Waals surface area contributed by atoms with E-state index in [1.54, 1.807) is 6.07 Å². The van der Waals surface area contributed by atoms with Gasteiger partial charge in [-0.1, -0.05) is 30.5 Å². The van der Waals surface area contributed by atoms with Crippen molar-refractivity contribution in [2.45, 2.75) is 24.8 Å². The Labute approximate surface area is 119 Å². The van der Waals surface area contributed by atoms with Crippen LogP contribution in [0.2, 0.25) is 5.02 Å². The second kappa shape index (κ2) is 6.92. The molecule has 0 bridgehead atoms. The van der Waals surface area contributed by atoms with Crippen LogP contribution in [0.1, 0.15) is 18.9 Å². The van der Waals surface area contributed by atoms with Crippen LogP contribution in [0.4, 0.5) is 0 Å². The smallest absolute Gasteiger partial charge is 0.245 e. The third kappa shape index (κ3) is 3.71. The molecular formula is C13H17ClN2O2S. The van der Waals surface area contributed by atoms with Gasteiger partial charge in [-0.3, -0.25) is 0 Å². The van der Waals surface area contributed by atoms with Gasteiger partial charge in [0.15, 0.2) is 0 Å². The normalized spacial score (nSPS) is 11.5. The molecule has 0 unspecified atom stereocenters. The molecule has 0 aliphatic rings. The van der Waals surface area contributed by atoms with E-state index in [9.17, 15) is 8.42 Å². The van der Waals surface area contributed by atoms with Gasteiger partial charge in [-0.2, -0.15) is 4.31 Å². The zero-order valence-corrected chi connectivity index (χ0v) is 12.3. The van der Waals surface area contributed by atoms with Crippen LogP contribution < -0.4 is 5.73 Å². The Hall–Kier alpha value is -1.06. The van der Waals surface area contributed by atoms with Crippen LogP contribution in [-0.4, -0.2) is 25.8 Å². The summed E-state index contributed by atoms with van der Waals surface area (Å²) < 4.78 is 26.3. The predicted molar refractivity (Wildman–Crippen MR) is 77.2 cm³/mol. The number of halogens is 1. The van der Waals surface area contributed by atoms with Gasteiger partial charge in [0.05, 0.1) is 11.6 Å². The summed E-state index contributed by atoms with van der Waals surface area (Å²) in [4.78, 5) is 0.0563. The van der Waals surface area contributed by atoms with Crippen LogP contribution >= 0.6 is 11.6 Å². The zero-order chi connectivity index (χ0) is 14.5. The Morgan fingerprint density at radius 2 is 2.16 bits per heavy atom. The third-order valence-corrected chi connectivity index (χ3v) is 4.92. The van der Waals surface area contributed by atoms with E-state index in [0.29, 0.717) is 18.5 Å². The molecule has 1 aromatic carbocycles. The number of nitrogens with zero attached hydrogens (tertiary/aromatic N) is 1. The molecule has 1 aromatic rings. The number of hydrogen-bond acceptors (Lipinski definition) is 3. The number of rotatable bonds is 6. The molecule has 104 valence electrons. The molecule has 0 saturated carbocycles. The maximum Gasteiger partial charge on any atom is 0.245 e. The SMILES string of the molecule is C#CCN(CCC)S(=O)(=O)c1cc(CN)ccc1Cl. The minimum absolute atomic E-state index is 0.0271. The number of nitrogens with two attached hydrogens (primary N) is 1. The lowest BCUT2D eigenvalue weighted by Gasteiger charge is -2.20. The molecule has 19 heavy (non-hydrogen) atoms. The standard InChI is InChI=1S/C13H17ClN2O2S/c1-3-7-16(8-4-2)19(17,18)13-9-11(10-15)5-6-12(13)14/h1,5-6,9H,4,7-8,10,15H2,2H3. The van der Waals surface area contributed by atoms with Crippen LogP contribution in [0.5, 0.6) is 0 Å². The van der Waals surface area contributed by atoms with Crippen LogP contribution in [0.25, 0.3) is 0 Å². The van der Waals surface area contributed by atoms with Gasteiger partial charge in [0.2, 0.25) is 10.0 Å². The van der Waals surface area contributed by atoms with Gasteiger partial charge >= 0.3 is 0 Å². The highest BCUT2D eigenvalue weighted by atomic mass is 35.5. The molecule has 0 atom stereocenters. The van der Waals surface area contributed by atoms with Crippen molar-refractivity contribution in [3.63, 3.8) is 0 Å². The summed E-state index contributed by atoms with van der Waals surface area (Å²) in [5, 5.41) is 0.176. The molecule has 1 rings (SSSR count). The Balaban J connectivity index is 3.28. The van der Waals surface area contributed by atoms with Crippen LogP contribution in [0.3, 0.4) is 0 Å². The van der Waals surface area contributed by atoms with Crippen molar-refractivity contribution in [2.24, 2.45) is 5.73 Å². The van der Waals surface area contributed by atoms with E-state index >= 15 is 0 Å². The Morgan fingerprint density at radius 3 is 2.68 bits per heavy atom. The first kappa shape index (κ1) is 16.0. The molecule has 0 radical (unpaired) electrons. The predicted octanol–water partition coefficient (Wildman–Crippen LogP) is 1.83. The lowest BCUT2D eigenvalue weighted by molar-refractivity contribution is 0.445. The molecule has 0 saturated heterocycles. The van der Waals surface area contributed by atoms with Gasteiger partial charge in [-0.15, -0.1) is 6.42 Å². The molecule has 0 amide bonds. The first-order valence-electron chi connectivity index (χ1n) is 5.89. The molecule has 6 heteroatoms. The average molecular weight is 301 g/mol. The van der Waals surface area contributed by atoms with Gasteiger partial charge in [0, 0.05) is 13.1 Å². The number of terminal acetylenes is 1. The van der Waals surface area contributed by atoms with E-state index in [1.165, 1.54) is 16.4 Å². The van der Waals surface area contributed by atoms with E-state index < -0.39 is 10.0 Å². The van der Waals surface area contributed by atoms with Crippen LogP contribution in [0, 0.1) is 12.3 Å². The Bertz CT molecular complexity index is 579. The molecule has 4 nitrogen and oxygen atoms in total. The van der Waals surface area contributed by atoms with Crippen molar-refractivity contribution >= 4 is 21.6 Å². The fraction of sp³-hybridized carbons (Fsp3) is 0.385. The van der Waals surface area contributed by atoms with E-state index in [0.717, 1.165) is 0 Å². The summed E-state index contributed by atoms with van der Waals surface area (Å²) in [6.45, 7) is 2.52. The molecule has 2 N–H and O–H groups in total. The molecule has 0 spiro atoms. The molecular weight excluding hydrogens is 284 g/mol. The highest BCUT2D eigenvalue weighted by Crippen LogP contribution is 2.25. The maximum atomic E-state index is 12.5. The fourth-order valence-corrected chi connectivity index (χ4v) is 3.62. The van der Waals surface area contributed by atoms with Gasteiger partial charge in [0.25, 0.3) is 0 Å². The minimum atomic E-state index is -3.69. The molecule has 0 aliphatic carbocycles. The average Bonchev–Trinajstić information content (AvgIpc) is 2.39. The van der Waals surface area contributed by atoms with Crippen molar-refractivity contribution < 1.29 is 8.42 Å². The van der Waals surface area contributed by atoms with Gasteiger partial charge < -0.3 is 5.73 Å². The van der Waals surface area contributed by atoms with Gasteiger partial charge in [-0.05, 0) is 24.1 Å². The molecule has 0 heterocycles. The molecule has 0 aromatic heterocycles. The highest BCUT2D eigenvalue weighted by molar-refractivity contribution is 7.89. The van der Waals surface area contributed by atoms with Crippen molar-refractivity contribution in [2.75, 3.05) is 13.1 Å². The summed E-state index contributed by atoms with van der Waals surface area (Å²) >= 11 is 5.98. The van der Waals surface area contributed by atoms with Gasteiger partial charge in [0.1, 0.15) is 4.90 Å². The fourth-order valence-electron chi connectivity index (χ4n) is 1.65. The first-order chi connectivity index (χ1) is 8.97. The summed E-state index contributed by atoms with van der Waals surface area (Å²) in [5.41, 5.74) is 6.23. The zero-order valence-electron chi connectivity index (χ0n) is 10.8. The Morgan fingerprint density at radius 1 is 1.47 bits per heavy atom. The van der Waals surface area contributed by atoms with E-state index in [1.807, 2.05) is 6.92 Å². The summed E-state index contributed by atoms with van der Waals surface area (Å²) in [6, 6.07) is 4.74. The molecule has 0 fully saturated rings.